The number of benzene rings is 1. The zero-order valence-electron chi connectivity index (χ0n) is 11.6. The highest BCUT2D eigenvalue weighted by Gasteiger charge is 2.30. The fourth-order valence-electron chi connectivity index (χ4n) is 1.71. The molecule has 1 N–H and O–H groups in total. The van der Waals surface area contributed by atoms with E-state index in [1.807, 2.05) is 26.0 Å². The molecule has 1 atom stereocenters. The van der Waals surface area contributed by atoms with Crippen LogP contribution in [0.4, 0.5) is 0 Å². The van der Waals surface area contributed by atoms with E-state index in [1.165, 1.54) is 0 Å². The van der Waals surface area contributed by atoms with Gasteiger partial charge < -0.3 is 14.6 Å². The van der Waals surface area contributed by atoms with E-state index in [9.17, 15) is 5.11 Å². The molecule has 3 nitrogen and oxygen atoms in total. The van der Waals surface area contributed by atoms with Crippen molar-refractivity contribution in [2.75, 3.05) is 14.2 Å². The average molecular weight is 317 g/mol. The second-order valence-electron chi connectivity index (χ2n) is 4.97. The number of hydrogen-bond donors (Lipinski definition) is 1. The van der Waals surface area contributed by atoms with Gasteiger partial charge in [0.05, 0.1) is 24.8 Å². The highest BCUT2D eigenvalue weighted by molar-refractivity contribution is 9.10. The van der Waals surface area contributed by atoms with Crippen LogP contribution in [-0.2, 0) is 0 Å². The summed E-state index contributed by atoms with van der Waals surface area (Å²) in [4.78, 5) is 0. The minimum atomic E-state index is -0.598. The van der Waals surface area contributed by atoms with Crippen LogP contribution in [0.5, 0.6) is 11.5 Å². The van der Waals surface area contributed by atoms with Crippen LogP contribution in [0.1, 0.15) is 38.9 Å². The van der Waals surface area contributed by atoms with Crippen molar-refractivity contribution >= 4 is 15.9 Å². The molecule has 0 aliphatic heterocycles. The van der Waals surface area contributed by atoms with E-state index < -0.39 is 6.10 Å². The lowest BCUT2D eigenvalue weighted by Crippen LogP contribution is -2.21. The molecule has 4 heteroatoms. The highest BCUT2D eigenvalue weighted by atomic mass is 79.9. The van der Waals surface area contributed by atoms with Gasteiger partial charge in [-0.05, 0) is 39.9 Å². The van der Waals surface area contributed by atoms with E-state index in [4.69, 9.17) is 9.47 Å². The number of ether oxygens (including phenoxy) is 2. The fraction of sp³-hybridized carbons (Fsp3) is 0.571. The molecular weight excluding hydrogens is 296 g/mol. The molecule has 0 fully saturated rings. The van der Waals surface area contributed by atoms with Gasteiger partial charge in [0.15, 0.2) is 0 Å². The van der Waals surface area contributed by atoms with Gasteiger partial charge in [0.25, 0.3) is 0 Å². The Morgan fingerprint density at radius 3 is 2.22 bits per heavy atom. The van der Waals surface area contributed by atoms with Crippen LogP contribution >= 0.6 is 15.9 Å². The lowest BCUT2D eigenvalue weighted by Gasteiger charge is -2.30. The maximum absolute atomic E-state index is 10.5. The molecule has 0 aliphatic rings. The minimum absolute atomic E-state index is 0.216. The molecule has 102 valence electrons. The number of hydrogen-bond acceptors (Lipinski definition) is 3. The first-order valence-electron chi connectivity index (χ1n) is 5.96. The molecule has 0 bridgehead atoms. The van der Waals surface area contributed by atoms with Crippen molar-refractivity contribution < 1.29 is 14.6 Å². The zero-order chi connectivity index (χ0) is 13.9. The second kappa shape index (κ2) is 5.93. The summed E-state index contributed by atoms with van der Waals surface area (Å²) >= 11 is 3.41. The first-order valence-corrected chi connectivity index (χ1v) is 6.76. The molecule has 1 aromatic rings. The van der Waals surface area contributed by atoms with Gasteiger partial charge in [-0.25, -0.2) is 0 Å². The molecule has 1 unspecified atom stereocenters. The molecular formula is C14H21BrO3. The van der Waals surface area contributed by atoms with Crippen molar-refractivity contribution in [2.24, 2.45) is 5.41 Å². The first-order chi connectivity index (χ1) is 8.37. The number of methoxy groups -OCH3 is 2. The van der Waals surface area contributed by atoms with E-state index in [-0.39, 0.29) is 5.41 Å². The second-order valence-corrected chi connectivity index (χ2v) is 5.83. The highest BCUT2D eigenvalue weighted by Crippen LogP contribution is 2.43. The topological polar surface area (TPSA) is 38.7 Å². The van der Waals surface area contributed by atoms with Gasteiger partial charge in [-0.3, -0.25) is 0 Å². The van der Waals surface area contributed by atoms with E-state index in [0.717, 1.165) is 16.5 Å². The van der Waals surface area contributed by atoms with E-state index >= 15 is 0 Å². The Labute approximate surface area is 117 Å². The van der Waals surface area contributed by atoms with Crippen LogP contribution < -0.4 is 9.47 Å². The Hall–Kier alpha value is -0.740. The van der Waals surface area contributed by atoms with E-state index in [1.54, 1.807) is 14.2 Å². The average Bonchev–Trinajstić information content (AvgIpc) is 2.37. The molecule has 0 spiro atoms. The molecule has 1 rings (SSSR count). The predicted molar refractivity (Wildman–Crippen MR) is 76.3 cm³/mol. The Kier molecular flexibility index (Phi) is 5.05. The van der Waals surface area contributed by atoms with E-state index in [2.05, 4.69) is 22.9 Å². The van der Waals surface area contributed by atoms with Crippen LogP contribution in [-0.4, -0.2) is 19.3 Å². The molecule has 0 aliphatic carbocycles. The number of halogens is 1. The first kappa shape index (κ1) is 15.3. The van der Waals surface area contributed by atoms with Gasteiger partial charge in [-0.2, -0.15) is 0 Å². The molecule has 0 amide bonds. The van der Waals surface area contributed by atoms with Gasteiger partial charge in [0, 0.05) is 5.56 Å². The molecule has 18 heavy (non-hydrogen) atoms. The Morgan fingerprint density at radius 2 is 1.78 bits per heavy atom. The van der Waals surface area contributed by atoms with Crippen molar-refractivity contribution in [2.45, 2.75) is 33.3 Å². The van der Waals surface area contributed by atoms with Crippen molar-refractivity contribution in [3.63, 3.8) is 0 Å². The monoisotopic (exact) mass is 316 g/mol. The fourth-order valence-corrected chi connectivity index (χ4v) is 2.20. The van der Waals surface area contributed by atoms with Crippen molar-refractivity contribution in [1.82, 2.24) is 0 Å². The third-order valence-electron chi connectivity index (χ3n) is 3.45. The van der Waals surface area contributed by atoms with Crippen molar-refractivity contribution in [1.29, 1.82) is 0 Å². The molecule has 0 radical (unpaired) electrons. The summed E-state index contributed by atoms with van der Waals surface area (Å²) in [5.74, 6) is 1.36. The standard InChI is InChI=1S/C14H21BrO3/c1-6-14(2,3)13(16)9-7-12(18-5)10(15)8-11(9)17-4/h7-8,13,16H,6H2,1-5H3. The predicted octanol–water partition coefficient (Wildman–Crippen LogP) is 3.94. The van der Waals surface area contributed by atoms with Crippen molar-refractivity contribution in [3.8, 4) is 11.5 Å². The van der Waals surface area contributed by atoms with Gasteiger partial charge in [0.2, 0.25) is 0 Å². The largest absolute Gasteiger partial charge is 0.496 e. The summed E-state index contributed by atoms with van der Waals surface area (Å²) in [6.45, 7) is 6.13. The number of aliphatic hydroxyl groups is 1. The van der Waals surface area contributed by atoms with Crippen molar-refractivity contribution in [3.05, 3.63) is 22.2 Å². The van der Waals surface area contributed by atoms with Crippen LogP contribution in [0.2, 0.25) is 0 Å². The van der Waals surface area contributed by atoms with Gasteiger partial charge >= 0.3 is 0 Å². The third kappa shape index (κ3) is 2.98. The lowest BCUT2D eigenvalue weighted by atomic mass is 9.80. The number of rotatable bonds is 5. The summed E-state index contributed by atoms with van der Waals surface area (Å²) in [5.41, 5.74) is 0.538. The molecule has 0 saturated heterocycles. The molecule has 0 saturated carbocycles. The SMILES string of the molecule is CCC(C)(C)C(O)c1cc(OC)c(Br)cc1OC. The van der Waals surface area contributed by atoms with E-state index in [0.29, 0.717) is 11.5 Å². The quantitative estimate of drug-likeness (QED) is 0.894. The maximum atomic E-state index is 10.5. The Bertz CT molecular complexity index is 416. The van der Waals surface area contributed by atoms with Gasteiger partial charge in [0.1, 0.15) is 11.5 Å². The van der Waals surface area contributed by atoms with Crippen LogP contribution in [0.15, 0.2) is 16.6 Å². The Balaban J connectivity index is 3.29. The summed E-state index contributed by atoms with van der Waals surface area (Å²) in [6.07, 6.45) is 0.273. The van der Waals surface area contributed by atoms with Crippen LogP contribution in [0.25, 0.3) is 0 Å². The van der Waals surface area contributed by atoms with Crippen LogP contribution in [0.3, 0.4) is 0 Å². The maximum Gasteiger partial charge on any atom is 0.133 e. The summed E-state index contributed by atoms with van der Waals surface area (Å²) < 4.78 is 11.4. The lowest BCUT2D eigenvalue weighted by molar-refractivity contribution is 0.0443. The smallest absolute Gasteiger partial charge is 0.133 e. The van der Waals surface area contributed by atoms with Gasteiger partial charge in [-0.15, -0.1) is 0 Å². The molecule has 1 aromatic carbocycles. The van der Waals surface area contributed by atoms with Gasteiger partial charge in [-0.1, -0.05) is 20.8 Å². The summed E-state index contributed by atoms with van der Waals surface area (Å²) in [6, 6.07) is 3.65. The summed E-state index contributed by atoms with van der Waals surface area (Å²) in [5, 5.41) is 10.5. The zero-order valence-corrected chi connectivity index (χ0v) is 13.2. The Morgan fingerprint density at radius 1 is 1.22 bits per heavy atom. The minimum Gasteiger partial charge on any atom is -0.496 e. The number of aliphatic hydroxyl groups excluding tert-OH is 1. The summed E-state index contributed by atoms with van der Waals surface area (Å²) in [7, 11) is 3.21. The third-order valence-corrected chi connectivity index (χ3v) is 4.07. The van der Waals surface area contributed by atoms with Crippen LogP contribution in [0, 0.1) is 5.41 Å². The molecule has 0 heterocycles. The normalized spacial score (nSPS) is 13.3. The molecule has 0 aromatic heterocycles.